The molecule has 110 valence electrons. The van der Waals surface area contributed by atoms with Crippen molar-refractivity contribution < 1.29 is 4.92 Å². The maximum Gasteiger partial charge on any atom is 0.273 e. The highest BCUT2D eigenvalue weighted by Gasteiger charge is 2.21. The highest BCUT2D eigenvalue weighted by Crippen LogP contribution is 2.27. The van der Waals surface area contributed by atoms with Crippen LogP contribution in [0.5, 0.6) is 0 Å². The molecule has 0 heterocycles. The first kappa shape index (κ1) is 15.4. The number of nitrogens with zero attached hydrogens (tertiary/aromatic N) is 1. The molecular formula is C15H21BrN2O2. The summed E-state index contributed by atoms with van der Waals surface area (Å²) < 4.78 is 0.880. The highest BCUT2D eigenvalue weighted by atomic mass is 79.9. The van der Waals surface area contributed by atoms with E-state index in [-0.39, 0.29) is 10.6 Å². The van der Waals surface area contributed by atoms with E-state index < -0.39 is 0 Å². The highest BCUT2D eigenvalue weighted by molar-refractivity contribution is 9.10. The molecule has 0 radical (unpaired) electrons. The Bertz CT molecular complexity index is 473. The summed E-state index contributed by atoms with van der Waals surface area (Å²) in [6.07, 6.45) is 6.52. The molecule has 1 aromatic carbocycles. The fraction of sp³-hybridized carbons (Fsp3) is 0.600. The largest absolute Gasteiger partial charge is 0.310 e. The first-order valence-corrected chi connectivity index (χ1v) is 8.03. The Labute approximate surface area is 128 Å². The quantitative estimate of drug-likeness (QED) is 0.637. The molecule has 0 bridgehead atoms. The van der Waals surface area contributed by atoms with Crippen molar-refractivity contribution in [3.05, 3.63) is 38.3 Å². The molecule has 20 heavy (non-hydrogen) atoms. The third-order valence-electron chi connectivity index (χ3n) is 4.21. The number of nitro benzene ring substituents is 1. The van der Waals surface area contributed by atoms with E-state index in [4.69, 9.17) is 0 Å². The van der Waals surface area contributed by atoms with E-state index in [9.17, 15) is 10.1 Å². The molecule has 4 nitrogen and oxygen atoms in total. The van der Waals surface area contributed by atoms with Gasteiger partial charge in [0.05, 0.1) is 4.92 Å². The van der Waals surface area contributed by atoms with Crippen LogP contribution in [0.15, 0.2) is 22.7 Å². The van der Waals surface area contributed by atoms with Gasteiger partial charge in [-0.15, -0.1) is 0 Å². The lowest BCUT2D eigenvalue weighted by molar-refractivity contribution is -0.385. The van der Waals surface area contributed by atoms with Crippen molar-refractivity contribution in [2.24, 2.45) is 5.92 Å². The molecule has 5 heteroatoms. The summed E-state index contributed by atoms with van der Waals surface area (Å²) in [5, 5.41) is 14.5. The van der Waals surface area contributed by atoms with Gasteiger partial charge >= 0.3 is 0 Å². The molecule has 1 N–H and O–H groups in total. The van der Waals surface area contributed by atoms with E-state index in [0.29, 0.717) is 18.5 Å². The molecule has 0 aliphatic heterocycles. The molecule has 1 atom stereocenters. The van der Waals surface area contributed by atoms with Crippen LogP contribution < -0.4 is 5.32 Å². The van der Waals surface area contributed by atoms with Gasteiger partial charge in [0.15, 0.2) is 0 Å². The van der Waals surface area contributed by atoms with Crippen molar-refractivity contribution in [3.8, 4) is 0 Å². The van der Waals surface area contributed by atoms with Crippen LogP contribution in [0.3, 0.4) is 0 Å². The number of benzene rings is 1. The summed E-state index contributed by atoms with van der Waals surface area (Å²) >= 11 is 3.38. The average molecular weight is 341 g/mol. The van der Waals surface area contributed by atoms with Crippen molar-refractivity contribution in [2.75, 3.05) is 0 Å². The third kappa shape index (κ3) is 4.03. The number of hydrogen-bond donors (Lipinski definition) is 1. The van der Waals surface area contributed by atoms with E-state index in [1.54, 1.807) is 12.1 Å². The van der Waals surface area contributed by atoms with Crippen LogP contribution in [0.4, 0.5) is 5.69 Å². The Morgan fingerprint density at radius 3 is 2.75 bits per heavy atom. The predicted octanol–water partition coefficient (Wildman–Crippen LogP) is 4.42. The van der Waals surface area contributed by atoms with Crippen molar-refractivity contribution >= 4 is 21.6 Å². The number of nitrogens with one attached hydrogen (secondary N) is 1. The minimum Gasteiger partial charge on any atom is -0.310 e. The van der Waals surface area contributed by atoms with E-state index in [1.807, 2.05) is 6.07 Å². The lowest BCUT2D eigenvalue weighted by Crippen LogP contribution is -2.34. The van der Waals surface area contributed by atoms with E-state index in [0.717, 1.165) is 10.0 Å². The molecule has 0 unspecified atom stereocenters. The summed E-state index contributed by atoms with van der Waals surface area (Å²) in [7, 11) is 0. The molecule has 0 spiro atoms. The molecule has 2 rings (SSSR count). The van der Waals surface area contributed by atoms with Gasteiger partial charge in [-0.3, -0.25) is 10.1 Å². The molecule has 1 aromatic rings. The molecule has 1 aliphatic carbocycles. The van der Waals surface area contributed by atoms with Gasteiger partial charge in [0, 0.05) is 28.7 Å². The van der Waals surface area contributed by atoms with Crippen molar-refractivity contribution in [1.82, 2.24) is 5.32 Å². The maximum absolute atomic E-state index is 11.0. The van der Waals surface area contributed by atoms with Gasteiger partial charge in [-0.2, -0.15) is 0 Å². The third-order valence-corrected chi connectivity index (χ3v) is 4.70. The topological polar surface area (TPSA) is 55.2 Å². The summed E-state index contributed by atoms with van der Waals surface area (Å²) in [6.45, 7) is 2.74. The molecule has 0 saturated heterocycles. The van der Waals surface area contributed by atoms with E-state index in [2.05, 4.69) is 28.2 Å². The van der Waals surface area contributed by atoms with Crippen molar-refractivity contribution in [3.63, 3.8) is 0 Å². The van der Waals surface area contributed by atoms with E-state index in [1.165, 1.54) is 32.1 Å². The number of halogens is 1. The number of hydrogen-bond acceptors (Lipinski definition) is 3. The second-order valence-corrected chi connectivity index (χ2v) is 6.51. The lowest BCUT2D eigenvalue weighted by Gasteiger charge is -2.28. The van der Waals surface area contributed by atoms with Crippen LogP contribution in [0, 0.1) is 16.0 Å². The first-order chi connectivity index (χ1) is 9.58. The first-order valence-electron chi connectivity index (χ1n) is 7.24. The summed E-state index contributed by atoms with van der Waals surface area (Å²) in [4.78, 5) is 10.7. The van der Waals surface area contributed by atoms with Gasteiger partial charge in [-0.1, -0.05) is 35.2 Å². The monoisotopic (exact) mass is 340 g/mol. The Hall–Kier alpha value is -0.940. The SMILES string of the molecule is C[C@@H](NCc1cc(Br)ccc1[N+](=O)[O-])C1CCCCC1. The van der Waals surface area contributed by atoms with Crippen molar-refractivity contribution in [1.29, 1.82) is 0 Å². The van der Waals surface area contributed by atoms with Crippen LogP contribution in [-0.4, -0.2) is 11.0 Å². The fourth-order valence-corrected chi connectivity index (χ4v) is 3.35. The zero-order chi connectivity index (χ0) is 14.5. The van der Waals surface area contributed by atoms with Crippen LogP contribution in [-0.2, 0) is 6.54 Å². The minimum absolute atomic E-state index is 0.191. The molecule has 1 fully saturated rings. The number of rotatable bonds is 5. The molecule has 1 aliphatic rings. The van der Waals surface area contributed by atoms with Gasteiger partial charge in [0.1, 0.15) is 0 Å². The second kappa shape index (κ2) is 7.18. The fourth-order valence-electron chi connectivity index (χ4n) is 2.95. The lowest BCUT2D eigenvalue weighted by atomic mass is 9.84. The Morgan fingerprint density at radius 1 is 1.40 bits per heavy atom. The summed E-state index contributed by atoms with van der Waals surface area (Å²) in [5.41, 5.74) is 0.934. The van der Waals surface area contributed by atoms with Crippen LogP contribution in [0.2, 0.25) is 0 Å². The zero-order valence-electron chi connectivity index (χ0n) is 11.8. The second-order valence-electron chi connectivity index (χ2n) is 5.60. The molecule has 0 aromatic heterocycles. The summed E-state index contributed by atoms with van der Waals surface area (Å²) in [5.74, 6) is 0.704. The Balaban J connectivity index is 1.99. The van der Waals surface area contributed by atoms with Gasteiger partial charge in [-0.05, 0) is 37.8 Å². The van der Waals surface area contributed by atoms with Crippen LogP contribution in [0.1, 0.15) is 44.6 Å². The van der Waals surface area contributed by atoms with Crippen LogP contribution >= 0.6 is 15.9 Å². The number of nitro groups is 1. The maximum atomic E-state index is 11.0. The smallest absolute Gasteiger partial charge is 0.273 e. The van der Waals surface area contributed by atoms with E-state index >= 15 is 0 Å². The molecule has 1 saturated carbocycles. The normalized spacial score (nSPS) is 17.9. The molecular weight excluding hydrogens is 320 g/mol. The molecule has 0 amide bonds. The van der Waals surface area contributed by atoms with Gasteiger partial charge < -0.3 is 5.32 Å². The van der Waals surface area contributed by atoms with Crippen molar-refractivity contribution in [2.45, 2.75) is 51.6 Å². The standard InChI is InChI=1S/C15H21BrN2O2/c1-11(12-5-3-2-4-6-12)17-10-13-9-14(16)7-8-15(13)18(19)20/h7-9,11-12,17H,2-6,10H2,1H3/t11-/m1/s1. The summed E-state index contributed by atoms with van der Waals surface area (Å²) in [6, 6.07) is 5.52. The van der Waals surface area contributed by atoms with Gasteiger partial charge in [0.25, 0.3) is 5.69 Å². The zero-order valence-corrected chi connectivity index (χ0v) is 13.4. The van der Waals surface area contributed by atoms with Gasteiger partial charge in [-0.25, -0.2) is 0 Å². The van der Waals surface area contributed by atoms with Crippen LogP contribution in [0.25, 0.3) is 0 Å². The predicted molar refractivity (Wildman–Crippen MR) is 83.7 cm³/mol. The Morgan fingerprint density at radius 2 is 2.10 bits per heavy atom. The minimum atomic E-state index is -0.311. The Kier molecular flexibility index (Phi) is 5.54. The van der Waals surface area contributed by atoms with Gasteiger partial charge in [0.2, 0.25) is 0 Å². The average Bonchev–Trinajstić information content (AvgIpc) is 2.45.